The van der Waals surface area contributed by atoms with Gasteiger partial charge in [0.15, 0.2) is 0 Å². The Morgan fingerprint density at radius 3 is 2.74 bits per heavy atom. The van der Waals surface area contributed by atoms with Gasteiger partial charge in [-0.3, -0.25) is 4.98 Å². The Labute approximate surface area is 112 Å². The van der Waals surface area contributed by atoms with E-state index in [0.717, 1.165) is 18.7 Å². The highest BCUT2D eigenvalue weighted by Crippen LogP contribution is 2.26. The van der Waals surface area contributed by atoms with Crippen molar-refractivity contribution in [2.45, 2.75) is 13.0 Å². The van der Waals surface area contributed by atoms with E-state index in [0.29, 0.717) is 0 Å². The van der Waals surface area contributed by atoms with Crippen LogP contribution in [-0.4, -0.2) is 16.7 Å². The summed E-state index contributed by atoms with van der Waals surface area (Å²) >= 11 is 0. The van der Waals surface area contributed by atoms with Crippen LogP contribution in [0.25, 0.3) is 10.9 Å². The molecule has 3 nitrogen and oxygen atoms in total. The van der Waals surface area contributed by atoms with E-state index < -0.39 is 0 Å². The highest BCUT2D eigenvalue weighted by molar-refractivity contribution is 5.86. The molecule has 0 aliphatic carbocycles. The second-order valence-corrected chi connectivity index (χ2v) is 4.51. The Kier molecular flexibility index (Phi) is 3.19. The molecule has 1 aromatic carbocycles. The van der Waals surface area contributed by atoms with Crippen LogP contribution in [0.3, 0.4) is 0 Å². The first-order chi connectivity index (χ1) is 9.38. The Morgan fingerprint density at radius 2 is 1.95 bits per heavy atom. The smallest absolute Gasteiger partial charge is 0.128 e. The second-order valence-electron chi connectivity index (χ2n) is 4.51. The topological polar surface area (TPSA) is 27.1 Å². The van der Waals surface area contributed by atoms with Crippen LogP contribution < -0.4 is 4.74 Å². The summed E-state index contributed by atoms with van der Waals surface area (Å²) in [5, 5.41) is 1.17. The SMILES string of the molecule is COc1cccc2c1ccn2CCc1ccncc1. The molecule has 0 N–H and O–H groups in total. The zero-order valence-corrected chi connectivity index (χ0v) is 10.9. The fraction of sp³-hybridized carbons (Fsp3) is 0.188. The van der Waals surface area contributed by atoms with Gasteiger partial charge in [-0.25, -0.2) is 0 Å². The molecule has 0 saturated heterocycles. The normalized spacial score (nSPS) is 10.8. The maximum Gasteiger partial charge on any atom is 0.128 e. The number of nitrogens with zero attached hydrogens (tertiary/aromatic N) is 2. The molecule has 19 heavy (non-hydrogen) atoms. The van der Waals surface area contributed by atoms with Gasteiger partial charge in [0.05, 0.1) is 12.6 Å². The van der Waals surface area contributed by atoms with Crippen molar-refractivity contribution in [3.63, 3.8) is 0 Å². The minimum absolute atomic E-state index is 0.931. The zero-order valence-electron chi connectivity index (χ0n) is 10.9. The van der Waals surface area contributed by atoms with Crippen LogP contribution in [0.2, 0.25) is 0 Å². The Morgan fingerprint density at radius 1 is 1.11 bits per heavy atom. The third kappa shape index (κ3) is 2.32. The van der Waals surface area contributed by atoms with E-state index in [1.807, 2.05) is 24.5 Å². The van der Waals surface area contributed by atoms with E-state index in [-0.39, 0.29) is 0 Å². The predicted molar refractivity (Wildman–Crippen MR) is 76.4 cm³/mol. The van der Waals surface area contributed by atoms with Crippen molar-refractivity contribution in [3.05, 3.63) is 60.6 Å². The van der Waals surface area contributed by atoms with Gasteiger partial charge in [0.2, 0.25) is 0 Å². The largest absolute Gasteiger partial charge is 0.496 e. The summed E-state index contributed by atoms with van der Waals surface area (Å²) in [6.45, 7) is 0.959. The maximum absolute atomic E-state index is 5.38. The molecule has 0 bridgehead atoms. The van der Waals surface area contributed by atoms with Gasteiger partial charge in [0.25, 0.3) is 0 Å². The molecule has 2 heterocycles. The Balaban J connectivity index is 1.86. The fourth-order valence-corrected chi connectivity index (χ4v) is 2.37. The number of ether oxygens (including phenoxy) is 1. The number of hydrogen-bond donors (Lipinski definition) is 0. The van der Waals surface area contributed by atoms with Crippen molar-refractivity contribution in [2.24, 2.45) is 0 Å². The first kappa shape index (κ1) is 11.8. The molecule has 96 valence electrons. The van der Waals surface area contributed by atoms with Crippen molar-refractivity contribution < 1.29 is 4.74 Å². The molecular weight excluding hydrogens is 236 g/mol. The summed E-state index contributed by atoms with van der Waals surface area (Å²) in [6, 6.07) is 12.4. The molecule has 0 spiro atoms. The van der Waals surface area contributed by atoms with Crippen LogP contribution >= 0.6 is 0 Å². The number of methoxy groups -OCH3 is 1. The zero-order chi connectivity index (χ0) is 13.1. The van der Waals surface area contributed by atoms with Gasteiger partial charge in [-0.15, -0.1) is 0 Å². The number of benzene rings is 1. The van der Waals surface area contributed by atoms with E-state index in [4.69, 9.17) is 4.74 Å². The van der Waals surface area contributed by atoms with Gasteiger partial charge >= 0.3 is 0 Å². The Hall–Kier alpha value is -2.29. The van der Waals surface area contributed by atoms with Crippen LogP contribution in [0.15, 0.2) is 55.0 Å². The highest BCUT2D eigenvalue weighted by atomic mass is 16.5. The Bertz CT molecular complexity index is 674. The summed E-state index contributed by atoms with van der Waals surface area (Å²) in [6.07, 6.45) is 6.80. The summed E-state index contributed by atoms with van der Waals surface area (Å²) in [5.74, 6) is 0.931. The third-order valence-electron chi connectivity index (χ3n) is 3.38. The van der Waals surface area contributed by atoms with Crippen LogP contribution in [0.4, 0.5) is 0 Å². The quantitative estimate of drug-likeness (QED) is 0.712. The monoisotopic (exact) mass is 252 g/mol. The number of pyridine rings is 1. The number of hydrogen-bond acceptors (Lipinski definition) is 2. The molecule has 0 atom stereocenters. The predicted octanol–water partition coefficient (Wildman–Crippen LogP) is 3.29. The van der Waals surface area contributed by atoms with Crippen molar-refractivity contribution in [1.82, 2.24) is 9.55 Å². The number of rotatable bonds is 4. The van der Waals surface area contributed by atoms with Gasteiger partial charge in [0, 0.05) is 30.5 Å². The van der Waals surface area contributed by atoms with Gasteiger partial charge < -0.3 is 9.30 Å². The van der Waals surface area contributed by atoms with Crippen LogP contribution in [0, 0.1) is 0 Å². The van der Waals surface area contributed by atoms with E-state index in [9.17, 15) is 0 Å². The number of aromatic nitrogens is 2. The first-order valence-electron chi connectivity index (χ1n) is 6.39. The molecule has 2 aromatic heterocycles. The lowest BCUT2D eigenvalue weighted by atomic mass is 10.2. The van der Waals surface area contributed by atoms with E-state index in [1.165, 1.54) is 16.5 Å². The van der Waals surface area contributed by atoms with Gasteiger partial charge in [-0.2, -0.15) is 0 Å². The summed E-state index contributed by atoms with van der Waals surface area (Å²) < 4.78 is 7.64. The van der Waals surface area contributed by atoms with Crippen LogP contribution in [-0.2, 0) is 13.0 Å². The molecule has 3 rings (SSSR count). The standard InChI is InChI=1S/C16H16N2O/c1-19-16-4-2-3-15-14(16)8-12-18(15)11-7-13-5-9-17-10-6-13/h2-6,8-10,12H,7,11H2,1H3. The lowest BCUT2D eigenvalue weighted by molar-refractivity contribution is 0.420. The fourth-order valence-electron chi connectivity index (χ4n) is 2.37. The number of aryl methyl sites for hydroxylation is 2. The van der Waals surface area contributed by atoms with Crippen molar-refractivity contribution in [3.8, 4) is 5.75 Å². The van der Waals surface area contributed by atoms with E-state index in [2.05, 4.69) is 40.0 Å². The molecule has 0 amide bonds. The first-order valence-corrected chi connectivity index (χ1v) is 6.39. The third-order valence-corrected chi connectivity index (χ3v) is 3.38. The van der Waals surface area contributed by atoms with Crippen LogP contribution in [0.1, 0.15) is 5.56 Å². The molecule has 3 heteroatoms. The highest BCUT2D eigenvalue weighted by Gasteiger charge is 2.05. The van der Waals surface area contributed by atoms with Crippen molar-refractivity contribution in [1.29, 1.82) is 0 Å². The summed E-state index contributed by atoms with van der Waals surface area (Å²) in [7, 11) is 1.71. The van der Waals surface area contributed by atoms with Crippen molar-refractivity contribution >= 4 is 10.9 Å². The minimum Gasteiger partial charge on any atom is -0.496 e. The molecule has 0 aliphatic heterocycles. The molecule has 0 aliphatic rings. The molecule has 0 saturated carbocycles. The summed E-state index contributed by atoms with van der Waals surface area (Å²) in [4.78, 5) is 4.04. The average Bonchev–Trinajstić information content (AvgIpc) is 2.89. The van der Waals surface area contributed by atoms with Crippen LogP contribution in [0.5, 0.6) is 5.75 Å². The lowest BCUT2D eigenvalue weighted by Crippen LogP contribution is -1.99. The second kappa shape index (κ2) is 5.14. The lowest BCUT2D eigenvalue weighted by Gasteiger charge is -2.07. The summed E-state index contributed by atoms with van der Waals surface area (Å²) in [5.41, 5.74) is 2.52. The van der Waals surface area contributed by atoms with Gasteiger partial charge in [-0.05, 0) is 42.3 Å². The van der Waals surface area contributed by atoms with Gasteiger partial charge in [0.1, 0.15) is 5.75 Å². The van der Waals surface area contributed by atoms with Crippen molar-refractivity contribution in [2.75, 3.05) is 7.11 Å². The van der Waals surface area contributed by atoms with E-state index >= 15 is 0 Å². The van der Waals surface area contributed by atoms with E-state index in [1.54, 1.807) is 7.11 Å². The number of fused-ring (bicyclic) bond motifs is 1. The molecule has 0 fully saturated rings. The average molecular weight is 252 g/mol. The molecular formula is C16H16N2O. The molecule has 0 radical (unpaired) electrons. The minimum atomic E-state index is 0.931. The van der Waals surface area contributed by atoms with Gasteiger partial charge in [-0.1, -0.05) is 6.07 Å². The molecule has 0 unspecified atom stereocenters. The maximum atomic E-state index is 5.38. The molecule has 3 aromatic rings.